The zero-order chi connectivity index (χ0) is 17.2. The monoisotopic (exact) mass is 339 g/mol. The molecule has 0 saturated heterocycles. The zero-order valence-corrected chi connectivity index (χ0v) is 13.7. The van der Waals surface area contributed by atoms with E-state index >= 15 is 0 Å². The van der Waals surface area contributed by atoms with Crippen LogP contribution in [-0.4, -0.2) is 46.1 Å². The summed E-state index contributed by atoms with van der Waals surface area (Å²) >= 11 is 1.49. The maximum absolute atomic E-state index is 12.3. The molecule has 0 aliphatic heterocycles. The van der Waals surface area contributed by atoms with Gasteiger partial charge in [0.15, 0.2) is 0 Å². The van der Waals surface area contributed by atoms with Crippen LogP contribution in [0.2, 0.25) is 0 Å². The maximum atomic E-state index is 12.3. The molecular formula is C16H21NO5S. The fourth-order valence-corrected chi connectivity index (χ4v) is 2.62. The average Bonchev–Trinajstić information content (AvgIpc) is 2.50. The lowest BCUT2D eigenvalue weighted by atomic mass is 9.95. The molecule has 0 fully saturated rings. The van der Waals surface area contributed by atoms with E-state index in [1.807, 2.05) is 36.6 Å². The van der Waals surface area contributed by atoms with E-state index in [1.165, 1.54) is 11.8 Å². The highest BCUT2D eigenvalue weighted by Gasteiger charge is 2.27. The van der Waals surface area contributed by atoms with Gasteiger partial charge < -0.3 is 15.5 Å². The van der Waals surface area contributed by atoms with Gasteiger partial charge in [-0.3, -0.25) is 9.59 Å². The van der Waals surface area contributed by atoms with E-state index in [0.717, 1.165) is 5.56 Å². The first-order valence-electron chi connectivity index (χ1n) is 7.22. The second-order valence-electron chi connectivity index (χ2n) is 5.17. The highest BCUT2D eigenvalue weighted by molar-refractivity contribution is 7.98. The van der Waals surface area contributed by atoms with Crippen molar-refractivity contribution in [3.63, 3.8) is 0 Å². The normalized spacial score (nSPS) is 13.1. The van der Waals surface area contributed by atoms with Gasteiger partial charge in [-0.1, -0.05) is 30.3 Å². The standard InChI is InChI=1S/C16H21NO5S/c1-23-8-7-13(16(21)22)17-15(20)12(10-14(18)19)9-11-5-3-2-4-6-11/h2-6,12-13H,7-10H2,1H3,(H,17,20)(H,18,19)(H,21,22)/t12-,13-/m0/s1. The third kappa shape index (κ3) is 7.19. The van der Waals surface area contributed by atoms with Crippen molar-refractivity contribution in [2.75, 3.05) is 12.0 Å². The van der Waals surface area contributed by atoms with E-state index in [4.69, 9.17) is 10.2 Å². The number of hydrogen-bond donors (Lipinski definition) is 3. The first-order chi connectivity index (χ1) is 10.9. The Morgan fingerprint density at radius 2 is 1.83 bits per heavy atom. The van der Waals surface area contributed by atoms with Crippen LogP contribution >= 0.6 is 11.8 Å². The fraction of sp³-hybridized carbons (Fsp3) is 0.438. The van der Waals surface area contributed by atoms with Crippen LogP contribution in [0.25, 0.3) is 0 Å². The Labute approximate surface area is 139 Å². The minimum atomic E-state index is -1.11. The summed E-state index contributed by atoms with van der Waals surface area (Å²) in [7, 11) is 0. The lowest BCUT2D eigenvalue weighted by Crippen LogP contribution is -2.44. The molecule has 23 heavy (non-hydrogen) atoms. The molecule has 2 atom stereocenters. The Morgan fingerprint density at radius 3 is 2.35 bits per heavy atom. The van der Waals surface area contributed by atoms with Crippen LogP contribution in [0.1, 0.15) is 18.4 Å². The summed E-state index contributed by atoms with van der Waals surface area (Å²) in [6, 6.07) is 8.07. The summed E-state index contributed by atoms with van der Waals surface area (Å²) in [5.74, 6) is -2.94. The van der Waals surface area contributed by atoms with Crippen LogP contribution in [0, 0.1) is 5.92 Å². The van der Waals surface area contributed by atoms with Gasteiger partial charge in [-0.25, -0.2) is 4.79 Å². The van der Waals surface area contributed by atoms with Crippen LogP contribution < -0.4 is 5.32 Å². The number of thioether (sulfide) groups is 1. The Bertz CT molecular complexity index is 535. The van der Waals surface area contributed by atoms with Gasteiger partial charge in [-0.05, 0) is 30.4 Å². The molecule has 0 aliphatic carbocycles. The number of carboxylic acid groups (broad SMARTS) is 2. The highest BCUT2D eigenvalue weighted by atomic mass is 32.2. The van der Waals surface area contributed by atoms with Crippen LogP contribution in [0.3, 0.4) is 0 Å². The predicted molar refractivity (Wildman–Crippen MR) is 88.5 cm³/mol. The number of benzene rings is 1. The molecule has 0 bridgehead atoms. The van der Waals surface area contributed by atoms with Crippen molar-refractivity contribution < 1.29 is 24.6 Å². The Kier molecular flexibility index (Phi) is 8.18. The molecule has 1 aromatic rings. The maximum Gasteiger partial charge on any atom is 0.326 e. The topological polar surface area (TPSA) is 104 Å². The summed E-state index contributed by atoms with van der Waals surface area (Å²) in [6.45, 7) is 0. The molecule has 0 radical (unpaired) electrons. The molecule has 0 spiro atoms. The summed E-state index contributed by atoms with van der Waals surface area (Å²) < 4.78 is 0. The van der Waals surface area contributed by atoms with Crippen molar-refractivity contribution in [1.82, 2.24) is 5.32 Å². The Hall–Kier alpha value is -2.02. The first kappa shape index (κ1) is 19.0. The molecule has 1 amide bonds. The first-order valence-corrected chi connectivity index (χ1v) is 8.61. The largest absolute Gasteiger partial charge is 0.481 e. The van der Waals surface area contributed by atoms with E-state index in [9.17, 15) is 14.4 Å². The minimum Gasteiger partial charge on any atom is -0.481 e. The second kappa shape index (κ2) is 9.89. The minimum absolute atomic E-state index is 0.258. The quantitative estimate of drug-likeness (QED) is 0.599. The second-order valence-corrected chi connectivity index (χ2v) is 6.15. The summed E-state index contributed by atoms with van der Waals surface area (Å²) in [5.41, 5.74) is 0.838. The molecule has 0 aromatic heterocycles. The van der Waals surface area contributed by atoms with Crippen LogP contribution in [0.15, 0.2) is 30.3 Å². The van der Waals surface area contributed by atoms with Crippen molar-refractivity contribution in [3.8, 4) is 0 Å². The molecule has 3 N–H and O–H groups in total. The lowest BCUT2D eigenvalue weighted by molar-refractivity contribution is -0.144. The van der Waals surface area contributed by atoms with Gasteiger partial charge in [0.2, 0.25) is 5.91 Å². The van der Waals surface area contributed by atoms with Crippen molar-refractivity contribution in [3.05, 3.63) is 35.9 Å². The van der Waals surface area contributed by atoms with Gasteiger partial charge in [-0.2, -0.15) is 11.8 Å². The number of amides is 1. The van der Waals surface area contributed by atoms with E-state index < -0.39 is 29.8 Å². The van der Waals surface area contributed by atoms with Crippen molar-refractivity contribution in [2.45, 2.75) is 25.3 Å². The molecule has 0 unspecified atom stereocenters. The molecule has 0 saturated carbocycles. The predicted octanol–water partition coefficient (Wildman–Crippen LogP) is 1.64. The SMILES string of the molecule is CSCC[C@H](NC(=O)[C@H](CC(=O)O)Cc1ccccc1)C(=O)O. The van der Waals surface area contributed by atoms with Crippen molar-refractivity contribution in [1.29, 1.82) is 0 Å². The fourth-order valence-electron chi connectivity index (χ4n) is 2.15. The summed E-state index contributed by atoms with van der Waals surface area (Å²) in [5, 5.41) is 20.6. The number of aliphatic carboxylic acids is 2. The average molecular weight is 339 g/mol. The molecule has 1 rings (SSSR count). The highest BCUT2D eigenvalue weighted by Crippen LogP contribution is 2.14. The zero-order valence-electron chi connectivity index (χ0n) is 12.9. The van der Waals surface area contributed by atoms with E-state index in [-0.39, 0.29) is 12.8 Å². The van der Waals surface area contributed by atoms with Crippen molar-refractivity contribution >= 4 is 29.6 Å². The summed E-state index contributed by atoms with van der Waals surface area (Å²) in [4.78, 5) is 34.5. The van der Waals surface area contributed by atoms with E-state index in [0.29, 0.717) is 12.2 Å². The molecule has 126 valence electrons. The van der Waals surface area contributed by atoms with Crippen LogP contribution in [-0.2, 0) is 20.8 Å². The molecule has 7 heteroatoms. The Balaban J connectivity index is 2.77. The smallest absolute Gasteiger partial charge is 0.326 e. The molecular weight excluding hydrogens is 318 g/mol. The van der Waals surface area contributed by atoms with Crippen LogP contribution in [0.4, 0.5) is 0 Å². The van der Waals surface area contributed by atoms with Gasteiger partial charge in [0.1, 0.15) is 6.04 Å². The van der Waals surface area contributed by atoms with Crippen LogP contribution in [0.5, 0.6) is 0 Å². The van der Waals surface area contributed by atoms with E-state index in [2.05, 4.69) is 5.32 Å². The molecule has 0 heterocycles. The number of carboxylic acids is 2. The number of nitrogens with one attached hydrogen (secondary N) is 1. The third-order valence-corrected chi connectivity index (χ3v) is 3.99. The van der Waals surface area contributed by atoms with Gasteiger partial charge in [0.05, 0.1) is 12.3 Å². The van der Waals surface area contributed by atoms with E-state index in [1.54, 1.807) is 0 Å². The lowest BCUT2D eigenvalue weighted by Gasteiger charge is -2.19. The molecule has 0 aliphatic rings. The van der Waals surface area contributed by atoms with Gasteiger partial charge in [-0.15, -0.1) is 0 Å². The number of hydrogen-bond acceptors (Lipinski definition) is 4. The van der Waals surface area contributed by atoms with Gasteiger partial charge >= 0.3 is 11.9 Å². The third-order valence-electron chi connectivity index (χ3n) is 3.34. The number of rotatable bonds is 10. The summed E-state index contributed by atoms with van der Waals surface area (Å²) in [6.07, 6.45) is 2.07. The van der Waals surface area contributed by atoms with Crippen molar-refractivity contribution in [2.24, 2.45) is 5.92 Å². The number of carbonyl (C=O) groups excluding carboxylic acids is 1. The molecule has 6 nitrogen and oxygen atoms in total. The van der Waals surface area contributed by atoms with Gasteiger partial charge in [0, 0.05) is 0 Å². The number of carbonyl (C=O) groups is 3. The molecule has 1 aromatic carbocycles. The Morgan fingerprint density at radius 1 is 1.17 bits per heavy atom. The van der Waals surface area contributed by atoms with Gasteiger partial charge in [0.25, 0.3) is 0 Å².